The summed E-state index contributed by atoms with van der Waals surface area (Å²) >= 11 is 0. The predicted molar refractivity (Wildman–Crippen MR) is 93.8 cm³/mol. The second kappa shape index (κ2) is 6.76. The Morgan fingerprint density at radius 3 is 2.08 bits per heavy atom. The van der Waals surface area contributed by atoms with Crippen LogP contribution in [0.3, 0.4) is 0 Å². The van der Waals surface area contributed by atoms with Crippen LogP contribution < -0.4 is 11.2 Å². The smallest absolute Gasteiger partial charge is 0.300 e. The molecule has 1 heterocycles. The van der Waals surface area contributed by atoms with Gasteiger partial charge < -0.3 is 0 Å². The molecular weight excluding hydrogens is 328 g/mol. The average molecular weight is 350 g/mol. The maximum atomic E-state index is 12.4. The van der Waals surface area contributed by atoms with Gasteiger partial charge in [0.25, 0.3) is 5.56 Å². The number of hydrogen-bond acceptors (Lipinski definition) is 4. The summed E-state index contributed by atoms with van der Waals surface area (Å²) in [6.45, 7) is 4.14. The van der Waals surface area contributed by atoms with Crippen LogP contribution in [0, 0.1) is 0 Å². The van der Waals surface area contributed by atoms with Crippen molar-refractivity contribution in [3.8, 4) is 0 Å². The van der Waals surface area contributed by atoms with Crippen LogP contribution in [0.4, 0.5) is 0 Å². The van der Waals surface area contributed by atoms with Crippen molar-refractivity contribution in [1.82, 2.24) is 9.13 Å². The molecule has 1 aromatic heterocycles. The van der Waals surface area contributed by atoms with Gasteiger partial charge in [0.1, 0.15) is 0 Å². The Morgan fingerprint density at radius 1 is 0.958 bits per heavy atom. The summed E-state index contributed by atoms with van der Waals surface area (Å²) < 4.78 is 27.0. The van der Waals surface area contributed by atoms with Crippen LogP contribution in [-0.2, 0) is 35.4 Å². The van der Waals surface area contributed by atoms with E-state index in [1.807, 2.05) is 12.1 Å². The third-order valence-corrected chi connectivity index (χ3v) is 5.53. The van der Waals surface area contributed by atoms with Crippen molar-refractivity contribution in [1.29, 1.82) is 0 Å². The molecule has 7 heteroatoms. The summed E-state index contributed by atoms with van der Waals surface area (Å²) in [4.78, 5) is 23.6. The topological polar surface area (TPSA) is 78.1 Å². The fourth-order valence-electron chi connectivity index (χ4n) is 2.45. The molecule has 0 fully saturated rings. The zero-order chi connectivity index (χ0) is 18.1. The second-order valence-corrected chi connectivity index (χ2v) is 8.37. The van der Waals surface area contributed by atoms with E-state index in [1.165, 1.54) is 24.7 Å². The largest absolute Gasteiger partial charge is 0.330 e. The van der Waals surface area contributed by atoms with Crippen LogP contribution in [-0.4, -0.2) is 17.6 Å². The first-order valence-corrected chi connectivity index (χ1v) is 9.48. The molecule has 6 nitrogen and oxygen atoms in total. The van der Waals surface area contributed by atoms with Gasteiger partial charge in [0.05, 0.1) is 11.5 Å². The van der Waals surface area contributed by atoms with Crippen molar-refractivity contribution in [3.63, 3.8) is 0 Å². The van der Waals surface area contributed by atoms with Crippen LogP contribution in [0.25, 0.3) is 0 Å². The molecule has 0 aliphatic carbocycles. The van der Waals surface area contributed by atoms with Crippen molar-refractivity contribution in [2.45, 2.75) is 31.3 Å². The molecule has 0 spiro atoms. The van der Waals surface area contributed by atoms with E-state index in [1.54, 1.807) is 12.1 Å². The van der Waals surface area contributed by atoms with Crippen molar-refractivity contribution in [2.75, 3.05) is 0 Å². The molecule has 130 valence electrons. The van der Waals surface area contributed by atoms with Gasteiger partial charge in [0.15, 0.2) is 9.84 Å². The maximum Gasteiger partial charge on any atom is 0.330 e. The molecule has 0 atom stereocenters. The molecule has 2 aromatic rings. The molecule has 0 bridgehead atoms. The zero-order valence-corrected chi connectivity index (χ0v) is 15.1. The van der Waals surface area contributed by atoms with Crippen molar-refractivity contribution >= 4 is 9.84 Å². The van der Waals surface area contributed by atoms with Crippen LogP contribution >= 0.6 is 0 Å². The molecule has 0 aliphatic rings. The van der Waals surface area contributed by atoms with Crippen LogP contribution in [0.5, 0.6) is 0 Å². The summed E-state index contributed by atoms with van der Waals surface area (Å²) in [5.41, 5.74) is 0.985. The van der Waals surface area contributed by atoms with E-state index in [4.69, 9.17) is 0 Å². The van der Waals surface area contributed by atoms with Crippen LogP contribution in [0.1, 0.15) is 36.6 Å². The SMILES string of the molecule is CC(C)c1ccc(CS(=O)(=O)Cc2cc(=O)n(C)c(=O)n2C)cc1. The molecule has 0 N–H and O–H groups in total. The lowest BCUT2D eigenvalue weighted by Gasteiger charge is -2.11. The standard InChI is InChI=1S/C17H22N2O4S/c1-12(2)14-7-5-13(6-8-14)10-24(22,23)11-15-9-16(20)19(4)17(21)18(15)3/h5-9,12H,10-11H2,1-4H3. The Labute approximate surface area is 141 Å². The molecule has 0 amide bonds. The Balaban J connectivity index is 2.26. The first-order chi connectivity index (χ1) is 11.1. The number of sulfone groups is 1. The highest BCUT2D eigenvalue weighted by atomic mass is 32.2. The van der Waals surface area contributed by atoms with Crippen molar-refractivity contribution in [2.24, 2.45) is 14.1 Å². The molecular formula is C17H22N2O4S. The van der Waals surface area contributed by atoms with Gasteiger partial charge in [-0.15, -0.1) is 0 Å². The van der Waals surface area contributed by atoms with Gasteiger partial charge in [-0.2, -0.15) is 0 Å². The molecule has 1 aromatic carbocycles. The minimum absolute atomic E-state index is 0.130. The number of benzene rings is 1. The molecule has 0 saturated carbocycles. The molecule has 0 saturated heterocycles. The van der Waals surface area contributed by atoms with Gasteiger partial charge in [-0.3, -0.25) is 13.9 Å². The van der Waals surface area contributed by atoms with Crippen LogP contribution in [0.2, 0.25) is 0 Å². The van der Waals surface area contributed by atoms with Gasteiger partial charge >= 0.3 is 5.69 Å². The first-order valence-electron chi connectivity index (χ1n) is 7.66. The van der Waals surface area contributed by atoms with E-state index in [0.717, 1.165) is 10.1 Å². The zero-order valence-electron chi connectivity index (χ0n) is 14.3. The quantitative estimate of drug-likeness (QED) is 0.815. The maximum absolute atomic E-state index is 12.4. The number of rotatable bonds is 5. The second-order valence-electron chi connectivity index (χ2n) is 6.30. The highest BCUT2D eigenvalue weighted by molar-refractivity contribution is 7.89. The summed E-state index contributed by atoms with van der Waals surface area (Å²) in [6.07, 6.45) is 0. The third-order valence-electron chi connectivity index (χ3n) is 4.03. The van der Waals surface area contributed by atoms with E-state index in [2.05, 4.69) is 13.8 Å². The third kappa shape index (κ3) is 4.03. The first kappa shape index (κ1) is 18.2. The van der Waals surface area contributed by atoms with Gasteiger partial charge in [-0.1, -0.05) is 38.1 Å². The normalized spacial score (nSPS) is 11.9. The van der Waals surface area contributed by atoms with E-state index in [0.29, 0.717) is 11.5 Å². The monoisotopic (exact) mass is 350 g/mol. The lowest BCUT2D eigenvalue weighted by atomic mass is 10.0. The molecule has 0 aliphatic heterocycles. The highest BCUT2D eigenvalue weighted by Crippen LogP contribution is 2.17. The lowest BCUT2D eigenvalue weighted by molar-refractivity contribution is 0.589. The lowest BCUT2D eigenvalue weighted by Crippen LogP contribution is -2.38. The fourth-order valence-corrected chi connectivity index (χ4v) is 3.98. The van der Waals surface area contributed by atoms with Gasteiger partial charge in [0, 0.05) is 25.9 Å². The summed E-state index contributed by atoms with van der Waals surface area (Å²) in [5.74, 6) is -0.0964. The Hall–Kier alpha value is -2.15. The summed E-state index contributed by atoms with van der Waals surface area (Å²) in [5, 5.41) is 0. The highest BCUT2D eigenvalue weighted by Gasteiger charge is 2.17. The number of nitrogens with zero attached hydrogens (tertiary/aromatic N) is 2. The van der Waals surface area contributed by atoms with Gasteiger partial charge in [0.2, 0.25) is 0 Å². The van der Waals surface area contributed by atoms with Crippen LogP contribution in [0.15, 0.2) is 39.9 Å². The molecule has 0 radical (unpaired) electrons. The fraction of sp³-hybridized carbons (Fsp3) is 0.412. The van der Waals surface area contributed by atoms with Gasteiger partial charge in [-0.05, 0) is 17.0 Å². The van der Waals surface area contributed by atoms with Crippen molar-refractivity contribution in [3.05, 3.63) is 68.0 Å². The van der Waals surface area contributed by atoms with Gasteiger partial charge in [-0.25, -0.2) is 13.2 Å². The Kier molecular flexibility index (Phi) is 5.13. The molecule has 0 unspecified atom stereocenters. The van der Waals surface area contributed by atoms with E-state index in [9.17, 15) is 18.0 Å². The van der Waals surface area contributed by atoms with E-state index < -0.39 is 21.1 Å². The number of aromatic nitrogens is 2. The minimum atomic E-state index is -3.50. The summed E-state index contributed by atoms with van der Waals surface area (Å²) in [6, 6.07) is 8.64. The average Bonchev–Trinajstić information content (AvgIpc) is 2.50. The summed E-state index contributed by atoms with van der Waals surface area (Å²) in [7, 11) is -0.675. The predicted octanol–water partition coefficient (Wildman–Crippen LogP) is 1.32. The Bertz CT molecular complexity index is 952. The number of hydrogen-bond donors (Lipinski definition) is 0. The van der Waals surface area contributed by atoms with E-state index >= 15 is 0 Å². The van der Waals surface area contributed by atoms with E-state index in [-0.39, 0.29) is 17.2 Å². The minimum Gasteiger partial charge on any atom is -0.300 e. The molecule has 2 rings (SSSR count). The Morgan fingerprint density at radius 2 is 1.54 bits per heavy atom. The van der Waals surface area contributed by atoms with Crippen molar-refractivity contribution < 1.29 is 8.42 Å². The molecule has 24 heavy (non-hydrogen) atoms.